The molecule has 0 saturated carbocycles. The number of rotatable bonds is 5. The highest BCUT2D eigenvalue weighted by Gasteiger charge is 2.07. The maximum atomic E-state index is 12.9. The van der Waals surface area contributed by atoms with Crippen LogP contribution in [0.4, 0.5) is 15.8 Å². The largest absolute Gasteiger partial charge is 0.354 e. The molecule has 1 amide bonds. The lowest BCUT2D eigenvalue weighted by molar-refractivity contribution is 0.0945. The van der Waals surface area contributed by atoms with Gasteiger partial charge in [-0.3, -0.25) is 9.78 Å². The van der Waals surface area contributed by atoms with Crippen molar-refractivity contribution in [3.8, 4) is 0 Å². The fourth-order valence-corrected chi connectivity index (χ4v) is 2.07. The topological polar surface area (TPSA) is 66.9 Å². The molecular formula is C18H15FN4O. The van der Waals surface area contributed by atoms with Gasteiger partial charge in [-0.2, -0.15) is 0 Å². The van der Waals surface area contributed by atoms with E-state index in [9.17, 15) is 9.18 Å². The van der Waals surface area contributed by atoms with Crippen LogP contribution in [-0.2, 0) is 6.54 Å². The number of pyridine rings is 2. The molecular weight excluding hydrogens is 307 g/mol. The molecule has 2 aromatic heterocycles. The third kappa shape index (κ3) is 4.13. The van der Waals surface area contributed by atoms with Gasteiger partial charge in [0, 0.05) is 11.9 Å². The van der Waals surface area contributed by atoms with Crippen molar-refractivity contribution in [3.05, 3.63) is 84.2 Å². The summed E-state index contributed by atoms with van der Waals surface area (Å²) in [5.41, 5.74) is 2.55. The second-order valence-electron chi connectivity index (χ2n) is 5.07. The minimum absolute atomic E-state index is 0.269. The van der Waals surface area contributed by atoms with Crippen molar-refractivity contribution in [2.75, 3.05) is 5.32 Å². The summed E-state index contributed by atoms with van der Waals surface area (Å²) >= 11 is 0. The van der Waals surface area contributed by atoms with Crippen LogP contribution in [0.25, 0.3) is 0 Å². The Morgan fingerprint density at radius 1 is 0.958 bits per heavy atom. The summed E-state index contributed by atoms with van der Waals surface area (Å²) in [5, 5.41) is 5.85. The van der Waals surface area contributed by atoms with E-state index in [1.54, 1.807) is 36.7 Å². The third-order valence-corrected chi connectivity index (χ3v) is 3.29. The van der Waals surface area contributed by atoms with E-state index in [-0.39, 0.29) is 11.7 Å². The summed E-state index contributed by atoms with van der Waals surface area (Å²) in [6.45, 7) is 0.344. The van der Waals surface area contributed by atoms with Gasteiger partial charge in [0.1, 0.15) is 11.5 Å². The molecule has 5 nitrogen and oxygen atoms in total. The van der Waals surface area contributed by atoms with Gasteiger partial charge in [0.15, 0.2) is 0 Å². The summed E-state index contributed by atoms with van der Waals surface area (Å²) in [6, 6.07) is 14.9. The minimum atomic E-state index is -0.293. The van der Waals surface area contributed by atoms with Crippen LogP contribution >= 0.6 is 0 Å². The van der Waals surface area contributed by atoms with Gasteiger partial charge >= 0.3 is 0 Å². The van der Waals surface area contributed by atoms with E-state index in [0.29, 0.717) is 17.9 Å². The molecule has 0 saturated heterocycles. The molecule has 1 aromatic carbocycles. The Bertz CT molecular complexity index is 805. The molecule has 0 aliphatic heterocycles. The first-order valence-electron chi connectivity index (χ1n) is 7.37. The second-order valence-corrected chi connectivity index (χ2v) is 5.07. The molecule has 2 N–H and O–H groups in total. The fraction of sp³-hybridized carbons (Fsp3) is 0.0556. The number of nitrogens with one attached hydrogen (secondary N) is 2. The molecule has 0 bridgehead atoms. The lowest BCUT2D eigenvalue weighted by Crippen LogP contribution is -2.24. The van der Waals surface area contributed by atoms with E-state index in [2.05, 4.69) is 20.6 Å². The van der Waals surface area contributed by atoms with Gasteiger partial charge in [-0.1, -0.05) is 6.07 Å². The lowest BCUT2D eigenvalue weighted by Gasteiger charge is -2.07. The van der Waals surface area contributed by atoms with Crippen molar-refractivity contribution >= 4 is 17.3 Å². The molecule has 24 heavy (non-hydrogen) atoms. The van der Waals surface area contributed by atoms with Gasteiger partial charge < -0.3 is 10.6 Å². The van der Waals surface area contributed by atoms with Gasteiger partial charge in [-0.05, 0) is 48.5 Å². The van der Waals surface area contributed by atoms with Crippen molar-refractivity contribution in [2.45, 2.75) is 6.54 Å². The van der Waals surface area contributed by atoms with Crippen LogP contribution in [-0.4, -0.2) is 15.9 Å². The molecule has 0 spiro atoms. The molecule has 2 heterocycles. The van der Waals surface area contributed by atoms with E-state index in [4.69, 9.17) is 0 Å². The molecule has 0 unspecified atom stereocenters. The van der Waals surface area contributed by atoms with E-state index < -0.39 is 0 Å². The van der Waals surface area contributed by atoms with Gasteiger partial charge in [0.25, 0.3) is 5.91 Å². The third-order valence-electron chi connectivity index (χ3n) is 3.29. The molecule has 0 radical (unpaired) electrons. The zero-order valence-corrected chi connectivity index (χ0v) is 12.7. The Kier molecular flexibility index (Phi) is 4.76. The number of halogens is 1. The Morgan fingerprint density at radius 2 is 1.75 bits per heavy atom. The van der Waals surface area contributed by atoms with Crippen LogP contribution < -0.4 is 10.6 Å². The highest BCUT2D eigenvalue weighted by molar-refractivity contribution is 5.92. The maximum Gasteiger partial charge on any atom is 0.270 e. The zero-order chi connectivity index (χ0) is 16.8. The monoisotopic (exact) mass is 322 g/mol. The fourth-order valence-electron chi connectivity index (χ4n) is 2.07. The Labute approximate surface area is 138 Å². The predicted octanol–water partition coefficient (Wildman–Crippen LogP) is 3.29. The number of hydrogen-bond donors (Lipinski definition) is 2. The maximum absolute atomic E-state index is 12.9. The molecule has 3 rings (SSSR count). The van der Waals surface area contributed by atoms with Gasteiger partial charge in [0.2, 0.25) is 0 Å². The first-order valence-corrected chi connectivity index (χ1v) is 7.37. The molecule has 0 aliphatic rings. The normalized spacial score (nSPS) is 10.2. The van der Waals surface area contributed by atoms with E-state index in [0.717, 1.165) is 11.4 Å². The summed E-state index contributed by atoms with van der Waals surface area (Å²) < 4.78 is 12.9. The van der Waals surface area contributed by atoms with E-state index in [1.807, 2.05) is 18.2 Å². The molecule has 0 atom stereocenters. The average molecular weight is 322 g/mol. The smallest absolute Gasteiger partial charge is 0.270 e. The van der Waals surface area contributed by atoms with Gasteiger partial charge in [-0.25, -0.2) is 9.37 Å². The van der Waals surface area contributed by atoms with Crippen molar-refractivity contribution in [1.29, 1.82) is 0 Å². The number of carbonyl (C=O) groups excluding carboxylic acids is 1. The molecule has 3 aromatic rings. The molecule has 120 valence electrons. The van der Waals surface area contributed by atoms with Crippen molar-refractivity contribution in [3.63, 3.8) is 0 Å². The number of anilines is 2. The SMILES string of the molecule is O=C(NCc1ccccn1)c1ccc(Nc2ccc(F)cc2)cn1. The highest BCUT2D eigenvalue weighted by Crippen LogP contribution is 2.16. The van der Waals surface area contributed by atoms with Gasteiger partial charge in [-0.15, -0.1) is 0 Å². The van der Waals surface area contributed by atoms with Crippen LogP contribution in [0, 0.1) is 5.82 Å². The molecule has 0 aliphatic carbocycles. The van der Waals surface area contributed by atoms with Crippen molar-refractivity contribution in [2.24, 2.45) is 0 Å². The van der Waals surface area contributed by atoms with Crippen LogP contribution in [0.5, 0.6) is 0 Å². The number of hydrogen-bond acceptors (Lipinski definition) is 4. The first kappa shape index (κ1) is 15.6. The summed E-state index contributed by atoms with van der Waals surface area (Å²) in [6.07, 6.45) is 3.23. The number of amides is 1. The van der Waals surface area contributed by atoms with Crippen molar-refractivity contribution < 1.29 is 9.18 Å². The summed E-state index contributed by atoms with van der Waals surface area (Å²) in [5.74, 6) is -0.562. The van der Waals surface area contributed by atoms with Crippen molar-refractivity contribution in [1.82, 2.24) is 15.3 Å². The first-order chi connectivity index (χ1) is 11.7. The standard InChI is InChI=1S/C18H15FN4O/c19-13-4-6-14(7-5-13)23-16-8-9-17(21-12-16)18(24)22-11-15-3-1-2-10-20-15/h1-10,12,23H,11H2,(H,22,24). The Hall–Kier alpha value is -3.28. The predicted molar refractivity (Wildman–Crippen MR) is 89.3 cm³/mol. The summed E-state index contributed by atoms with van der Waals surface area (Å²) in [7, 11) is 0. The van der Waals surface area contributed by atoms with Crippen LogP contribution in [0.15, 0.2) is 67.0 Å². The Balaban J connectivity index is 1.59. The van der Waals surface area contributed by atoms with Crippen LogP contribution in [0.3, 0.4) is 0 Å². The number of nitrogens with zero attached hydrogens (tertiary/aromatic N) is 2. The van der Waals surface area contributed by atoms with E-state index in [1.165, 1.54) is 12.1 Å². The number of aromatic nitrogens is 2. The van der Waals surface area contributed by atoms with Crippen LogP contribution in [0.1, 0.15) is 16.2 Å². The molecule has 6 heteroatoms. The Morgan fingerprint density at radius 3 is 2.42 bits per heavy atom. The van der Waals surface area contributed by atoms with Crippen LogP contribution in [0.2, 0.25) is 0 Å². The number of carbonyl (C=O) groups is 1. The minimum Gasteiger partial charge on any atom is -0.354 e. The number of benzene rings is 1. The highest BCUT2D eigenvalue weighted by atomic mass is 19.1. The molecule has 0 fully saturated rings. The zero-order valence-electron chi connectivity index (χ0n) is 12.7. The quantitative estimate of drug-likeness (QED) is 0.756. The average Bonchev–Trinajstić information content (AvgIpc) is 2.63. The van der Waals surface area contributed by atoms with E-state index >= 15 is 0 Å². The summed E-state index contributed by atoms with van der Waals surface area (Å²) in [4.78, 5) is 20.3. The van der Waals surface area contributed by atoms with Gasteiger partial charge in [0.05, 0.1) is 24.1 Å². The lowest BCUT2D eigenvalue weighted by atomic mass is 10.2. The second kappa shape index (κ2) is 7.32.